The molecule has 3 atom stereocenters. The van der Waals surface area contributed by atoms with Crippen molar-refractivity contribution in [2.24, 2.45) is 5.92 Å². The third-order valence-electron chi connectivity index (χ3n) is 3.16. The Morgan fingerprint density at radius 2 is 2.17 bits per heavy atom. The normalized spacial score (nSPS) is 36.8. The van der Waals surface area contributed by atoms with Gasteiger partial charge in [0.15, 0.2) is 0 Å². The molecule has 0 spiro atoms. The Morgan fingerprint density at radius 1 is 1.42 bits per heavy atom. The van der Waals surface area contributed by atoms with E-state index < -0.39 is 0 Å². The van der Waals surface area contributed by atoms with Crippen LogP contribution in [0.4, 0.5) is 0 Å². The first kappa shape index (κ1) is 10.0. The highest BCUT2D eigenvalue weighted by Gasteiger charge is 2.27. The second kappa shape index (κ2) is 4.83. The summed E-state index contributed by atoms with van der Waals surface area (Å²) in [6, 6.07) is 0.724. The summed E-state index contributed by atoms with van der Waals surface area (Å²) in [6.07, 6.45) is 5.51. The first-order valence-corrected chi connectivity index (χ1v) is 5.01. The molecule has 2 heteroatoms. The quantitative estimate of drug-likeness (QED) is 0.699. The van der Waals surface area contributed by atoms with Crippen LogP contribution in [-0.4, -0.2) is 26.3 Å². The predicted molar refractivity (Wildman–Crippen MR) is 51.3 cm³/mol. The van der Waals surface area contributed by atoms with E-state index in [1.807, 2.05) is 7.11 Å². The number of rotatable bonds is 3. The zero-order valence-corrected chi connectivity index (χ0v) is 8.47. The van der Waals surface area contributed by atoms with Gasteiger partial charge >= 0.3 is 0 Å². The molecule has 0 radical (unpaired) electrons. The molecule has 0 aromatic carbocycles. The molecule has 0 saturated heterocycles. The van der Waals surface area contributed by atoms with Gasteiger partial charge in [-0.25, -0.2) is 0 Å². The van der Waals surface area contributed by atoms with E-state index in [-0.39, 0.29) is 0 Å². The summed E-state index contributed by atoms with van der Waals surface area (Å²) in [5.74, 6) is 0.814. The van der Waals surface area contributed by atoms with Crippen molar-refractivity contribution in [1.82, 2.24) is 5.32 Å². The van der Waals surface area contributed by atoms with Crippen molar-refractivity contribution in [1.29, 1.82) is 0 Å². The Morgan fingerprint density at radius 3 is 2.67 bits per heavy atom. The molecule has 12 heavy (non-hydrogen) atoms. The van der Waals surface area contributed by atoms with Gasteiger partial charge in [-0.2, -0.15) is 0 Å². The molecular weight excluding hydrogens is 150 g/mol. The lowest BCUT2D eigenvalue weighted by molar-refractivity contribution is 0.0382. The van der Waals surface area contributed by atoms with E-state index in [1.54, 1.807) is 0 Å². The van der Waals surface area contributed by atoms with Gasteiger partial charge in [0.1, 0.15) is 0 Å². The minimum atomic E-state index is 0.513. The first-order chi connectivity index (χ1) is 5.81. The molecule has 0 bridgehead atoms. The Kier molecular flexibility index (Phi) is 4.02. The van der Waals surface area contributed by atoms with Crippen LogP contribution < -0.4 is 5.32 Å². The third-order valence-corrected chi connectivity index (χ3v) is 3.16. The SMILES string of the molecule is CC[C@H]1CC(OC)CC[C@H]1NC. The molecule has 1 saturated carbocycles. The van der Waals surface area contributed by atoms with E-state index in [9.17, 15) is 0 Å². The van der Waals surface area contributed by atoms with Gasteiger partial charge in [-0.1, -0.05) is 13.3 Å². The first-order valence-electron chi connectivity index (χ1n) is 5.01. The minimum absolute atomic E-state index is 0.513. The minimum Gasteiger partial charge on any atom is -0.381 e. The fourth-order valence-electron chi connectivity index (χ4n) is 2.27. The lowest BCUT2D eigenvalue weighted by Gasteiger charge is -2.34. The van der Waals surface area contributed by atoms with E-state index in [2.05, 4.69) is 19.3 Å². The highest BCUT2D eigenvalue weighted by atomic mass is 16.5. The lowest BCUT2D eigenvalue weighted by Crippen LogP contribution is -2.40. The van der Waals surface area contributed by atoms with Crippen molar-refractivity contribution in [3.63, 3.8) is 0 Å². The van der Waals surface area contributed by atoms with E-state index in [0.717, 1.165) is 12.0 Å². The molecule has 0 amide bonds. The number of ether oxygens (including phenoxy) is 1. The van der Waals surface area contributed by atoms with Gasteiger partial charge in [0, 0.05) is 13.2 Å². The van der Waals surface area contributed by atoms with Crippen LogP contribution in [0.15, 0.2) is 0 Å². The molecule has 0 aromatic rings. The number of methoxy groups -OCH3 is 1. The fourth-order valence-corrected chi connectivity index (χ4v) is 2.27. The Bertz CT molecular complexity index is 127. The smallest absolute Gasteiger partial charge is 0.0575 e. The van der Waals surface area contributed by atoms with Crippen LogP contribution in [0.3, 0.4) is 0 Å². The average Bonchev–Trinajstić information content (AvgIpc) is 2.16. The number of hydrogen-bond donors (Lipinski definition) is 1. The Hall–Kier alpha value is -0.0800. The fraction of sp³-hybridized carbons (Fsp3) is 1.00. The summed E-state index contributed by atoms with van der Waals surface area (Å²) in [6.45, 7) is 2.27. The van der Waals surface area contributed by atoms with Gasteiger partial charge in [-0.15, -0.1) is 0 Å². The second-order valence-electron chi connectivity index (χ2n) is 3.73. The van der Waals surface area contributed by atoms with Gasteiger partial charge in [0.05, 0.1) is 6.10 Å². The van der Waals surface area contributed by atoms with Crippen LogP contribution in [-0.2, 0) is 4.74 Å². The molecule has 0 aliphatic heterocycles. The van der Waals surface area contributed by atoms with Crippen molar-refractivity contribution >= 4 is 0 Å². The molecule has 0 aromatic heterocycles. The molecule has 1 aliphatic rings. The van der Waals surface area contributed by atoms with Crippen LogP contribution in [0, 0.1) is 5.92 Å². The topological polar surface area (TPSA) is 21.3 Å². The monoisotopic (exact) mass is 171 g/mol. The maximum Gasteiger partial charge on any atom is 0.0575 e. The van der Waals surface area contributed by atoms with Crippen LogP contribution >= 0.6 is 0 Å². The van der Waals surface area contributed by atoms with Crippen molar-refractivity contribution in [3.8, 4) is 0 Å². The molecule has 1 rings (SSSR count). The van der Waals surface area contributed by atoms with Crippen LogP contribution in [0.1, 0.15) is 32.6 Å². The summed E-state index contributed by atoms with van der Waals surface area (Å²) in [5, 5.41) is 3.39. The van der Waals surface area contributed by atoms with E-state index >= 15 is 0 Å². The van der Waals surface area contributed by atoms with Crippen LogP contribution in [0.2, 0.25) is 0 Å². The summed E-state index contributed by atoms with van der Waals surface area (Å²) < 4.78 is 5.39. The molecule has 1 N–H and O–H groups in total. The van der Waals surface area contributed by atoms with Gasteiger partial charge in [0.25, 0.3) is 0 Å². The molecule has 72 valence electrons. The Balaban J connectivity index is 2.41. The van der Waals surface area contributed by atoms with Gasteiger partial charge in [0.2, 0.25) is 0 Å². The summed E-state index contributed by atoms with van der Waals surface area (Å²) >= 11 is 0. The van der Waals surface area contributed by atoms with Crippen LogP contribution in [0.25, 0.3) is 0 Å². The number of nitrogens with one attached hydrogen (secondary N) is 1. The molecule has 1 fully saturated rings. The zero-order valence-electron chi connectivity index (χ0n) is 8.47. The standard InChI is InChI=1S/C10H21NO/c1-4-8-7-9(12-3)5-6-10(8)11-2/h8-11H,4-7H2,1-3H3/t8-,9?,10+/m0/s1. The maximum absolute atomic E-state index is 5.39. The summed E-state index contributed by atoms with van der Waals surface area (Å²) in [4.78, 5) is 0. The largest absolute Gasteiger partial charge is 0.381 e. The zero-order chi connectivity index (χ0) is 8.97. The van der Waals surface area contributed by atoms with Crippen LogP contribution in [0.5, 0.6) is 0 Å². The van der Waals surface area contributed by atoms with Crippen molar-refractivity contribution in [2.75, 3.05) is 14.2 Å². The summed E-state index contributed by atoms with van der Waals surface area (Å²) in [5.41, 5.74) is 0. The molecule has 0 heterocycles. The van der Waals surface area contributed by atoms with E-state index in [0.29, 0.717) is 6.10 Å². The Labute approximate surface area is 75.7 Å². The lowest BCUT2D eigenvalue weighted by atomic mass is 9.81. The van der Waals surface area contributed by atoms with E-state index in [1.165, 1.54) is 25.7 Å². The highest BCUT2D eigenvalue weighted by Crippen LogP contribution is 2.28. The molecule has 1 unspecified atom stereocenters. The summed E-state index contributed by atoms with van der Waals surface area (Å²) in [7, 11) is 3.90. The van der Waals surface area contributed by atoms with Gasteiger partial charge in [-0.05, 0) is 32.2 Å². The maximum atomic E-state index is 5.39. The molecular formula is C10H21NO. The van der Waals surface area contributed by atoms with Crippen molar-refractivity contribution < 1.29 is 4.74 Å². The van der Waals surface area contributed by atoms with E-state index in [4.69, 9.17) is 4.74 Å². The average molecular weight is 171 g/mol. The van der Waals surface area contributed by atoms with Gasteiger partial charge < -0.3 is 10.1 Å². The number of hydrogen-bond acceptors (Lipinski definition) is 2. The molecule has 2 nitrogen and oxygen atoms in total. The predicted octanol–water partition coefficient (Wildman–Crippen LogP) is 1.80. The third kappa shape index (κ3) is 2.20. The van der Waals surface area contributed by atoms with Crippen molar-refractivity contribution in [2.45, 2.75) is 44.8 Å². The highest BCUT2D eigenvalue weighted by molar-refractivity contribution is 4.83. The van der Waals surface area contributed by atoms with Gasteiger partial charge in [-0.3, -0.25) is 0 Å². The second-order valence-corrected chi connectivity index (χ2v) is 3.73. The molecule has 1 aliphatic carbocycles. The van der Waals surface area contributed by atoms with Crippen molar-refractivity contribution in [3.05, 3.63) is 0 Å².